The van der Waals surface area contributed by atoms with Crippen LogP contribution in [0.2, 0.25) is 5.02 Å². The molecule has 0 heterocycles. The molecule has 0 saturated carbocycles. The Morgan fingerprint density at radius 1 is 0.730 bits per heavy atom. The van der Waals surface area contributed by atoms with E-state index < -0.39 is 23.4 Å². The van der Waals surface area contributed by atoms with E-state index in [-0.39, 0.29) is 29.2 Å². The molecule has 8 nitrogen and oxygen atoms in total. The van der Waals surface area contributed by atoms with Crippen LogP contribution >= 0.6 is 11.6 Å². The highest BCUT2D eigenvalue weighted by atomic mass is 35.5. The first-order valence-corrected chi connectivity index (χ1v) is 11.3. The highest BCUT2D eigenvalue weighted by Crippen LogP contribution is 2.32. The molecule has 0 atom stereocenters. The molecule has 9 heteroatoms. The van der Waals surface area contributed by atoms with Gasteiger partial charge in [-0.1, -0.05) is 54.1 Å². The van der Waals surface area contributed by atoms with Gasteiger partial charge in [0.05, 0.1) is 22.4 Å². The minimum atomic E-state index is -1.41. The number of hydrogen-bond donors (Lipinski definition) is 3. The van der Waals surface area contributed by atoms with E-state index in [1.807, 2.05) is 30.3 Å². The number of anilines is 1. The SMILES string of the molecule is O=C(Nc1ccccc1Oc1ccc(C(=O)O)c(C(=O)O)c1)c1cc(Cl)ccc1OCc1ccccc1. The van der Waals surface area contributed by atoms with Crippen molar-refractivity contribution in [2.24, 2.45) is 0 Å². The van der Waals surface area contributed by atoms with E-state index in [1.54, 1.807) is 36.4 Å². The summed E-state index contributed by atoms with van der Waals surface area (Å²) in [5, 5.41) is 21.7. The van der Waals surface area contributed by atoms with Crippen LogP contribution in [0, 0.1) is 0 Å². The molecule has 0 spiro atoms. The second-order valence-electron chi connectivity index (χ2n) is 7.78. The molecule has 0 aromatic heterocycles. The van der Waals surface area contributed by atoms with Crippen LogP contribution in [0.3, 0.4) is 0 Å². The lowest BCUT2D eigenvalue weighted by atomic mass is 10.1. The van der Waals surface area contributed by atoms with Crippen molar-refractivity contribution < 1.29 is 34.1 Å². The average Bonchev–Trinajstić information content (AvgIpc) is 2.89. The number of ether oxygens (including phenoxy) is 2. The largest absolute Gasteiger partial charge is 0.488 e. The van der Waals surface area contributed by atoms with E-state index in [4.69, 9.17) is 21.1 Å². The van der Waals surface area contributed by atoms with Crippen LogP contribution in [0.4, 0.5) is 5.69 Å². The lowest BCUT2D eigenvalue weighted by Gasteiger charge is -2.15. The molecule has 4 aromatic carbocycles. The molecule has 4 aromatic rings. The molecule has 0 radical (unpaired) electrons. The Kier molecular flexibility index (Phi) is 7.71. The van der Waals surface area contributed by atoms with Gasteiger partial charge >= 0.3 is 11.9 Å². The number of benzene rings is 4. The molecular weight excluding hydrogens is 498 g/mol. The number of carbonyl (C=O) groups is 3. The predicted molar refractivity (Wildman–Crippen MR) is 137 cm³/mol. The highest BCUT2D eigenvalue weighted by Gasteiger charge is 2.19. The number of carboxylic acid groups (broad SMARTS) is 2. The van der Waals surface area contributed by atoms with Gasteiger partial charge in [-0.2, -0.15) is 0 Å². The fourth-order valence-electron chi connectivity index (χ4n) is 3.47. The van der Waals surface area contributed by atoms with Crippen LogP contribution in [0.15, 0.2) is 91.0 Å². The van der Waals surface area contributed by atoms with Gasteiger partial charge in [-0.05, 0) is 54.1 Å². The minimum Gasteiger partial charge on any atom is -0.488 e. The number of hydrogen-bond acceptors (Lipinski definition) is 5. The van der Waals surface area contributed by atoms with Gasteiger partial charge in [-0.3, -0.25) is 4.79 Å². The Labute approximate surface area is 216 Å². The van der Waals surface area contributed by atoms with Crippen LogP contribution < -0.4 is 14.8 Å². The zero-order valence-electron chi connectivity index (χ0n) is 19.2. The third-order valence-electron chi connectivity index (χ3n) is 5.24. The molecule has 1 amide bonds. The third-order valence-corrected chi connectivity index (χ3v) is 5.47. The normalized spacial score (nSPS) is 10.4. The minimum absolute atomic E-state index is 0.0822. The third kappa shape index (κ3) is 6.25. The fraction of sp³-hybridized carbons (Fsp3) is 0.0357. The highest BCUT2D eigenvalue weighted by molar-refractivity contribution is 6.31. The second-order valence-corrected chi connectivity index (χ2v) is 8.22. The number of halogens is 1. The first-order valence-electron chi connectivity index (χ1n) is 11.0. The molecule has 4 rings (SSSR count). The molecule has 0 saturated heterocycles. The summed E-state index contributed by atoms with van der Waals surface area (Å²) in [6, 6.07) is 24.3. The number of amides is 1. The topological polar surface area (TPSA) is 122 Å². The number of carbonyl (C=O) groups excluding carboxylic acids is 1. The zero-order valence-corrected chi connectivity index (χ0v) is 19.9. The number of nitrogens with one attached hydrogen (secondary N) is 1. The van der Waals surface area contributed by atoms with Crippen LogP contribution in [0.1, 0.15) is 36.6 Å². The maximum atomic E-state index is 13.2. The van der Waals surface area contributed by atoms with Gasteiger partial charge in [-0.15, -0.1) is 0 Å². The number of rotatable bonds is 9. The molecule has 0 aliphatic carbocycles. The summed E-state index contributed by atoms with van der Waals surface area (Å²) in [5.74, 6) is -2.66. The van der Waals surface area contributed by atoms with Crippen molar-refractivity contribution in [2.75, 3.05) is 5.32 Å². The van der Waals surface area contributed by atoms with E-state index in [1.165, 1.54) is 12.1 Å². The van der Waals surface area contributed by atoms with Gasteiger partial charge in [0.15, 0.2) is 5.75 Å². The van der Waals surface area contributed by atoms with Crippen molar-refractivity contribution in [2.45, 2.75) is 6.61 Å². The molecule has 3 N–H and O–H groups in total. The fourth-order valence-corrected chi connectivity index (χ4v) is 3.64. The van der Waals surface area contributed by atoms with E-state index in [9.17, 15) is 24.6 Å². The van der Waals surface area contributed by atoms with Crippen LogP contribution in [0.25, 0.3) is 0 Å². The maximum Gasteiger partial charge on any atom is 0.336 e. The van der Waals surface area contributed by atoms with Gasteiger partial charge in [0.1, 0.15) is 18.1 Å². The quantitative estimate of drug-likeness (QED) is 0.236. The summed E-state index contributed by atoms with van der Waals surface area (Å²) in [6.07, 6.45) is 0. The van der Waals surface area contributed by atoms with Crippen molar-refractivity contribution in [3.8, 4) is 17.2 Å². The monoisotopic (exact) mass is 517 g/mol. The van der Waals surface area contributed by atoms with Crippen molar-refractivity contribution in [1.82, 2.24) is 0 Å². The van der Waals surface area contributed by atoms with Crippen molar-refractivity contribution in [1.29, 1.82) is 0 Å². The molecule has 0 unspecified atom stereocenters. The first-order chi connectivity index (χ1) is 17.8. The lowest BCUT2D eigenvalue weighted by molar-refractivity contribution is 0.0651. The molecular formula is C28H20ClNO7. The second kappa shape index (κ2) is 11.3. The van der Waals surface area contributed by atoms with Gasteiger partial charge in [0.25, 0.3) is 5.91 Å². The summed E-state index contributed by atoms with van der Waals surface area (Å²) >= 11 is 6.15. The van der Waals surface area contributed by atoms with Gasteiger partial charge in [0.2, 0.25) is 0 Å². The summed E-state index contributed by atoms with van der Waals surface area (Å²) in [6.45, 7) is 0.251. The van der Waals surface area contributed by atoms with Crippen LogP contribution in [-0.4, -0.2) is 28.1 Å². The lowest BCUT2D eigenvalue weighted by Crippen LogP contribution is -2.14. The smallest absolute Gasteiger partial charge is 0.336 e. The summed E-state index contributed by atoms with van der Waals surface area (Å²) in [4.78, 5) is 36.0. The Morgan fingerprint density at radius 3 is 2.16 bits per heavy atom. The van der Waals surface area contributed by atoms with Gasteiger partial charge < -0.3 is 25.0 Å². The standard InChI is InChI=1S/C28H20ClNO7/c29-18-10-13-24(36-16-17-6-2-1-3-7-17)22(14-18)26(31)30-23-8-4-5-9-25(23)37-19-11-12-20(27(32)33)21(15-19)28(34)35/h1-15H,16H2,(H,30,31)(H,32,33)(H,34,35). The average molecular weight is 518 g/mol. The van der Waals surface area contributed by atoms with Crippen molar-refractivity contribution >= 4 is 35.1 Å². The Morgan fingerprint density at radius 2 is 1.43 bits per heavy atom. The molecule has 0 bridgehead atoms. The Hall–Kier alpha value is -4.82. The summed E-state index contributed by atoms with van der Waals surface area (Å²) in [7, 11) is 0. The van der Waals surface area contributed by atoms with Crippen molar-refractivity contribution in [3.63, 3.8) is 0 Å². The van der Waals surface area contributed by atoms with Crippen LogP contribution in [0.5, 0.6) is 17.2 Å². The maximum absolute atomic E-state index is 13.2. The van der Waals surface area contributed by atoms with Crippen molar-refractivity contribution in [3.05, 3.63) is 118 Å². The molecule has 0 aliphatic heterocycles. The summed E-state index contributed by atoms with van der Waals surface area (Å²) in [5.41, 5.74) is 0.631. The molecule has 0 fully saturated rings. The number of aromatic carboxylic acids is 2. The van der Waals surface area contributed by atoms with E-state index >= 15 is 0 Å². The van der Waals surface area contributed by atoms with Crippen LogP contribution in [-0.2, 0) is 6.61 Å². The van der Waals surface area contributed by atoms with E-state index in [2.05, 4.69) is 5.32 Å². The Bertz CT molecular complexity index is 1470. The zero-order chi connectivity index (χ0) is 26.4. The molecule has 186 valence electrons. The number of para-hydroxylation sites is 2. The predicted octanol–water partition coefficient (Wildman–Crippen LogP) is 6.36. The van der Waals surface area contributed by atoms with Gasteiger partial charge in [0, 0.05) is 5.02 Å². The van der Waals surface area contributed by atoms with E-state index in [0.717, 1.165) is 17.7 Å². The molecule has 37 heavy (non-hydrogen) atoms. The van der Waals surface area contributed by atoms with Gasteiger partial charge in [-0.25, -0.2) is 9.59 Å². The first kappa shape index (κ1) is 25.3. The number of carboxylic acids is 2. The Balaban J connectivity index is 1.57. The van der Waals surface area contributed by atoms with E-state index in [0.29, 0.717) is 16.5 Å². The molecule has 0 aliphatic rings. The summed E-state index contributed by atoms with van der Waals surface area (Å²) < 4.78 is 11.7.